The second-order valence-electron chi connectivity index (χ2n) is 4.16. The molecule has 3 aromatic rings. The lowest BCUT2D eigenvalue weighted by Crippen LogP contribution is -2.00. The summed E-state index contributed by atoms with van der Waals surface area (Å²) in [6, 6.07) is 13.3. The third-order valence-electron chi connectivity index (χ3n) is 2.84. The molecule has 1 N–H and O–H groups in total. The minimum atomic E-state index is -0.0920. The fourth-order valence-electron chi connectivity index (χ4n) is 1.90. The molecule has 0 spiro atoms. The highest BCUT2D eigenvalue weighted by atomic mass is 79.9. The highest BCUT2D eigenvalue weighted by molar-refractivity contribution is 9.10. The molecular weight excluding hydrogens is 308 g/mol. The Labute approximate surface area is 117 Å². The summed E-state index contributed by atoms with van der Waals surface area (Å²) in [5, 5.41) is 9.80. The van der Waals surface area contributed by atoms with Crippen LogP contribution in [0.5, 0.6) is 5.75 Å². The Morgan fingerprint density at radius 2 is 1.74 bits per heavy atom. The summed E-state index contributed by atoms with van der Waals surface area (Å²) < 4.78 is 6.56. The first kappa shape index (κ1) is 12.0. The average Bonchev–Trinajstić information content (AvgIpc) is 2.40. The summed E-state index contributed by atoms with van der Waals surface area (Å²) in [6.45, 7) is 0. The van der Waals surface area contributed by atoms with Crippen LogP contribution < -0.4 is 5.43 Å². The Kier molecular flexibility index (Phi) is 2.87. The molecule has 1 heterocycles. The largest absolute Gasteiger partial charge is 0.508 e. The van der Waals surface area contributed by atoms with Crippen molar-refractivity contribution < 1.29 is 9.52 Å². The van der Waals surface area contributed by atoms with E-state index in [9.17, 15) is 9.90 Å². The van der Waals surface area contributed by atoms with Gasteiger partial charge in [-0.3, -0.25) is 4.79 Å². The number of hydrogen-bond acceptors (Lipinski definition) is 3. The van der Waals surface area contributed by atoms with Crippen LogP contribution in [0.3, 0.4) is 0 Å². The van der Waals surface area contributed by atoms with Crippen molar-refractivity contribution in [2.45, 2.75) is 0 Å². The van der Waals surface area contributed by atoms with E-state index < -0.39 is 0 Å². The average molecular weight is 317 g/mol. The molecule has 0 bridgehead atoms. The lowest BCUT2D eigenvalue weighted by atomic mass is 10.1. The summed E-state index contributed by atoms with van der Waals surface area (Å²) in [5.74, 6) is 0.663. The number of aromatic hydroxyl groups is 1. The van der Waals surface area contributed by atoms with E-state index >= 15 is 0 Å². The first-order valence-corrected chi connectivity index (χ1v) is 6.45. The van der Waals surface area contributed by atoms with Crippen molar-refractivity contribution in [1.82, 2.24) is 0 Å². The van der Waals surface area contributed by atoms with E-state index in [2.05, 4.69) is 15.9 Å². The Morgan fingerprint density at radius 1 is 1.00 bits per heavy atom. The second kappa shape index (κ2) is 4.55. The van der Waals surface area contributed by atoms with E-state index in [1.165, 1.54) is 6.07 Å². The van der Waals surface area contributed by atoms with Gasteiger partial charge in [0.15, 0.2) is 5.43 Å². The maximum atomic E-state index is 12.1. The summed E-state index contributed by atoms with van der Waals surface area (Å²) in [5.41, 5.74) is 1.20. The van der Waals surface area contributed by atoms with E-state index in [1.807, 2.05) is 6.07 Å². The third kappa shape index (κ3) is 2.27. The molecule has 0 aliphatic rings. The van der Waals surface area contributed by atoms with Gasteiger partial charge in [-0.1, -0.05) is 15.9 Å². The first-order valence-electron chi connectivity index (χ1n) is 5.66. The zero-order chi connectivity index (χ0) is 13.4. The fraction of sp³-hybridized carbons (Fsp3) is 0. The minimum Gasteiger partial charge on any atom is -0.508 e. The van der Waals surface area contributed by atoms with Gasteiger partial charge in [0, 0.05) is 16.1 Å². The van der Waals surface area contributed by atoms with Crippen molar-refractivity contribution in [3.63, 3.8) is 0 Å². The van der Waals surface area contributed by atoms with Crippen molar-refractivity contribution in [2.75, 3.05) is 0 Å². The van der Waals surface area contributed by atoms with E-state index in [1.54, 1.807) is 36.4 Å². The normalized spacial score (nSPS) is 10.8. The van der Waals surface area contributed by atoms with Gasteiger partial charge in [0.05, 0.1) is 5.39 Å². The molecule has 0 amide bonds. The van der Waals surface area contributed by atoms with Crippen molar-refractivity contribution in [3.05, 3.63) is 63.2 Å². The van der Waals surface area contributed by atoms with Crippen LogP contribution in [0.1, 0.15) is 0 Å². The van der Waals surface area contributed by atoms with E-state index in [4.69, 9.17) is 4.42 Å². The van der Waals surface area contributed by atoms with Gasteiger partial charge < -0.3 is 9.52 Å². The zero-order valence-corrected chi connectivity index (χ0v) is 11.3. The van der Waals surface area contributed by atoms with Crippen LogP contribution in [0.15, 0.2) is 62.2 Å². The van der Waals surface area contributed by atoms with Crippen molar-refractivity contribution in [3.8, 4) is 17.1 Å². The second-order valence-corrected chi connectivity index (χ2v) is 5.08. The summed E-state index contributed by atoms with van der Waals surface area (Å²) in [7, 11) is 0. The highest BCUT2D eigenvalue weighted by Crippen LogP contribution is 2.25. The van der Waals surface area contributed by atoms with E-state index in [0.29, 0.717) is 16.7 Å². The van der Waals surface area contributed by atoms with Crippen molar-refractivity contribution in [1.29, 1.82) is 0 Å². The van der Waals surface area contributed by atoms with Gasteiger partial charge in [-0.25, -0.2) is 0 Å². The highest BCUT2D eigenvalue weighted by Gasteiger charge is 2.07. The van der Waals surface area contributed by atoms with Gasteiger partial charge >= 0.3 is 0 Å². The zero-order valence-electron chi connectivity index (χ0n) is 9.76. The molecule has 0 aliphatic heterocycles. The quantitative estimate of drug-likeness (QED) is 0.740. The van der Waals surface area contributed by atoms with E-state index in [-0.39, 0.29) is 11.2 Å². The molecule has 0 aliphatic carbocycles. The predicted octanol–water partition coefficient (Wildman–Crippen LogP) is 3.93. The molecule has 3 nitrogen and oxygen atoms in total. The van der Waals surface area contributed by atoms with Gasteiger partial charge in [0.2, 0.25) is 0 Å². The molecule has 19 heavy (non-hydrogen) atoms. The number of benzene rings is 2. The minimum absolute atomic E-state index is 0.0920. The maximum Gasteiger partial charge on any atom is 0.193 e. The van der Waals surface area contributed by atoms with Gasteiger partial charge in [-0.05, 0) is 42.5 Å². The summed E-state index contributed by atoms with van der Waals surface area (Å²) in [4.78, 5) is 12.1. The molecule has 0 unspecified atom stereocenters. The molecule has 94 valence electrons. The van der Waals surface area contributed by atoms with Crippen LogP contribution >= 0.6 is 15.9 Å². The third-order valence-corrected chi connectivity index (χ3v) is 3.33. The number of halogens is 1. The summed E-state index contributed by atoms with van der Waals surface area (Å²) >= 11 is 3.33. The van der Waals surface area contributed by atoms with Gasteiger partial charge in [0.1, 0.15) is 17.1 Å². The molecule has 1 aromatic heterocycles. The molecule has 0 radical (unpaired) electrons. The molecule has 0 atom stereocenters. The van der Waals surface area contributed by atoms with Crippen LogP contribution in [-0.4, -0.2) is 5.11 Å². The molecule has 0 fully saturated rings. The Hall–Kier alpha value is -2.07. The van der Waals surface area contributed by atoms with Crippen molar-refractivity contribution >= 4 is 26.9 Å². The van der Waals surface area contributed by atoms with Crippen LogP contribution in [0.4, 0.5) is 0 Å². The van der Waals surface area contributed by atoms with Crippen molar-refractivity contribution in [2.24, 2.45) is 0 Å². The fourth-order valence-corrected chi connectivity index (χ4v) is 2.26. The number of rotatable bonds is 1. The topological polar surface area (TPSA) is 50.4 Å². The molecule has 2 aromatic carbocycles. The molecule has 4 heteroatoms. The standard InChI is InChI=1S/C15H9BrO3/c16-10-3-6-14-12(7-10)13(18)8-15(19-14)9-1-4-11(17)5-2-9/h1-8,17H. The molecule has 0 saturated heterocycles. The van der Waals surface area contributed by atoms with E-state index in [0.717, 1.165) is 10.0 Å². The van der Waals surface area contributed by atoms with Crippen LogP contribution in [0, 0.1) is 0 Å². The predicted molar refractivity (Wildman–Crippen MR) is 77.3 cm³/mol. The Morgan fingerprint density at radius 3 is 2.47 bits per heavy atom. The monoisotopic (exact) mass is 316 g/mol. The lowest BCUT2D eigenvalue weighted by molar-refractivity contribution is 0.475. The molecule has 3 rings (SSSR count). The van der Waals surface area contributed by atoms with Gasteiger partial charge in [0.25, 0.3) is 0 Å². The van der Waals surface area contributed by atoms with Gasteiger partial charge in [-0.2, -0.15) is 0 Å². The van der Waals surface area contributed by atoms with Crippen LogP contribution in [0.25, 0.3) is 22.3 Å². The van der Waals surface area contributed by atoms with Crippen LogP contribution in [0.2, 0.25) is 0 Å². The Balaban J connectivity index is 2.24. The number of phenols is 1. The number of hydrogen-bond donors (Lipinski definition) is 1. The maximum absolute atomic E-state index is 12.1. The molecule has 0 saturated carbocycles. The molecular formula is C15H9BrO3. The summed E-state index contributed by atoms with van der Waals surface area (Å²) in [6.07, 6.45) is 0. The number of fused-ring (bicyclic) bond motifs is 1. The SMILES string of the molecule is O=c1cc(-c2ccc(O)cc2)oc2ccc(Br)cc12. The Bertz CT molecular complexity index is 804. The van der Waals surface area contributed by atoms with Crippen LogP contribution in [-0.2, 0) is 0 Å². The first-order chi connectivity index (χ1) is 9.13. The number of phenolic OH excluding ortho intramolecular Hbond substituents is 1. The van der Waals surface area contributed by atoms with Gasteiger partial charge in [-0.15, -0.1) is 0 Å². The smallest absolute Gasteiger partial charge is 0.193 e. The lowest BCUT2D eigenvalue weighted by Gasteiger charge is -2.03.